The van der Waals surface area contributed by atoms with E-state index in [0.717, 1.165) is 23.8 Å². The monoisotopic (exact) mass is 221 g/mol. The maximum absolute atomic E-state index is 9.09. The average molecular weight is 221 g/mol. The van der Waals surface area contributed by atoms with Gasteiger partial charge in [0.15, 0.2) is 0 Å². The van der Waals surface area contributed by atoms with Crippen LogP contribution in [0.4, 0.5) is 5.82 Å². The standard InChI is InChI=1S/C12H19N3O/c1-3-10-8-12(14-9(2)13-10)15(6-7-16)11-4-5-11/h8,11,16H,3-7H2,1-2H3. The quantitative estimate of drug-likeness (QED) is 0.814. The lowest BCUT2D eigenvalue weighted by Gasteiger charge is -2.23. The summed E-state index contributed by atoms with van der Waals surface area (Å²) < 4.78 is 0. The molecule has 0 bridgehead atoms. The van der Waals surface area contributed by atoms with Gasteiger partial charge >= 0.3 is 0 Å². The Bertz CT molecular complexity index is 363. The number of aliphatic hydroxyl groups excluding tert-OH is 1. The molecule has 1 heterocycles. The first kappa shape index (κ1) is 11.3. The maximum atomic E-state index is 9.09. The Morgan fingerprint density at radius 3 is 2.75 bits per heavy atom. The van der Waals surface area contributed by atoms with Crippen LogP contribution in [0.25, 0.3) is 0 Å². The summed E-state index contributed by atoms with van der Waals surface area (Å²) in [5.41, 5.74) is 1.08. The van der Waals surface area contributed by atoms with Crippen molar-refractivity contribution in [1.82, 2.24) is 9.97 Å². The smallest absolute Gasteiger partial charge is 0.132 e. The van der Waals surface area contributed by atoms with Crippen LogP contribution in [-0.2, 0) is 6.42 Å². The first-order valence-corrected chi connectivity index (χ1v) is 5.96. The average Bonchev–Trinajstić information content (AvgIpc) is 3.08. The predicted octanol–water partition coefficient (Wildman–Crippen LogP) is 1.31. The minimum Gasteiger partial charge on any atom is -0.395 e. The molecular formula is C12H19N3O. The molecular weight excluding hydrogens is 202 g/mol. The zero-order valence-electron chi connectivity index (χ0n) is 9.98. The zero-order valence-corrected chi connectivity index (χ0v) is 9.98. The molecule has 0 atom stereocenters. The van der Waals surface area contributed by atoms with Crippen molar-refractivity contribution in [3.8, 4) is 0 Å². The number of nitrogens with zero attached hydrogens (tertiary/aromatic N) is 3. The molecule has 88 valence electrons. The van der Waals surface area contributed by atoms with Crippen molar-refractivity contribution in [2.75, 3.05) is 18.1 Å². The fraction of sp³-hybridized carbons (Fsp3) is 0.667. The largest absolute Gasteiger partial charge is 0.395 e. The van der Waals surface area contributed by atoms with E-state index >= 15 is 0 Å². The highest BCUT2D eigenvalue weighted by molar-refractivity contribution is 5.42. The topological polar surface area (TPSA) is 49.2 Å². The highest BCUT2D eigenvalue weighted by Gasteiger charge is 2.29. The maximum Gasteiger partial charge on any atom is 0.132 e. The first-order chi connectivity index (χ1) is 7.74. The Morgan fingerprint density at radius 1 is 1.44 bits per heavy atom. The van der Waals surface area contributed by atoms with E-state index in [1.54, 1.807) is 0 Å². The summed E-state index contributed by atoms with van der Waals surface area (Å²) in [4.78, 5) is 11.0. The molecule has 2 rings (SSSR count). The molecule has 0 saturated heterocycles. The molecule has 0 amide bonds. The van der Waals surface area contributed by atoms with Gasteiger partial charge in [0.25, 0.3) is 0 Å². The van der Waals surface area contributed by atoms with Crippen molar-refractivity contribution in [3.63, 3.8) is 0 Å². The van der Waals surface area contributed by atoms with Crippen molar-refractivity contribution in [2.24, 2.45) is 0 Å². The molecule has 1 aliphatic rings. The van der Waals surface area contributed by atoms with Crippen LogP contribution in [-0.4, -0.2) is 34.3 Å². The van der Waals surface area contributed by atoms with Gasteiger partial charge in [-0.25, -0.2) is 9.97 Å². The Labute approximate surface area is 96.3 Å². The Hall–Kier alpha value is -1.16. The van der Waals surface area contributed by atoms with Crippen LogP contribution >= 0.6 is 0 Å². The third-order valence-corrected chi connectivity index (χ3v) is 2.86. The number of rotatable bonds is 5. The van der Waals surface area contributed by atoms with Gasteiger partial charge in [0.05, 0.1) is 6.61 Å². The van der Waals surface area contributed by atoms with E-state index in [2.05, 4.69) is 21.8 Å². The molecule has 1 aromatic heterocycles. The van der Waals surface area contributed by atoms with Gasteiger partial charge in [0.1, 0.15) is 11.6 Å². The molecule has 1 aliphatic carbocycles. The van der Waals surface area contributed by atoms with Crippen LogP contribution in [0, 0.1) is 6.92 Å². The number of hydrogen-bond acceptors (Lipinski definition) is 4. The third-order valence-electron chi connectivity index (χ3n) is 2.86. The van der Waals surface area contributed by atoms with Crippen molar-refractivity contribution < 1.29 is 5.11 Å². The Kier molecular flexibility index (Phi) is 3.39. The lowest BCUT2D eigenvalue weighted by Crippen LogP contribution is -2.30. The number of aromatic nitrogens is 2. The van der Waals surface area contributed by atoms with Gasteiger partial charge in [0.2, 0.25) is 0 Å². The van der Waals surface area contributed by atoms with Crippen LogP contribution < -0.4 is 4.90 Å². The van der Waals surface area contributed by atoms with E-state index in [4.69, 9.17) is 5.11 Å². The number of anilines is 1. The summed E-state index contributed by atoms with van der Waals surface area (Å²) in [6, 6.07) is 2.62. The summed E-state index contributed by atoms with van der Waals surface area (Å²) in [5, 5.41) is 9.09. The predicted molar refractivity (Wildman–Crippen MR) is 63.6 cm³/mol. The summed E-state index contributed by atoms with van der Waals surface area (Å²) in [6.45, 7) is 4.87. The van der Waals surface area contributed by atoms with Crippen LogP contribution in [0.15, 0.2) is 6.07 Å². The van der Waals surface area contributed by atoms with Gasteiger partial charge in [0, 0.05) is 24.3 Å². The Morgan fingerprint density at radius 2 is 2.19 bits per heavy atom. The molecule has 0 unspecified atom stereocenters. The molecule has 1 aromatic rings. The van der Waals surface area contributed by atoms with Gasteiger partial charge in [-0.2, -0.15) is 0 Å². The van der Waals surface area contributed by atoms with Crippen molar-refractivity contribution in [2.45, 2.75) is 39.2 Å². The molecule has 0 aromatic carbocycles. The second kappa shape index (κ2) is 4.78. The van der Waals surface area contributed by atoms with Crippen LogP contribution in [0.3, 0.4) is 0 Å². The molecule has 0 radical (unpaired) electrons. The highest BCUT2D eigenvalue weighted by Crippen LogP contribution is 2.30. The summed E-state index contributed by atoms with van der Waals surface area (Å²) in [6.07, 6.45) is 3.35. The molecule has 1 saturated carbocycles. The van der Waals surface area contributed by atoms with Crippen molar-refractivity contribution in [3.05, 3.63) is 17.6 Å². The summed E-state index contributed by atoms with van der Waals surface area (Å²) in [5.74, 6) is 1.79. The number of aliphatic hydroxyl groups is 1. The minimum atomic E-state index is 0.182. The fourth-order valence-corrected chi connectivity index (χ4v) is 1.92. The molecule has 4 nitrogen and oxygen atoms in total. The van der Waals surface area contributed by atoms with Crippen LogP contribution in [0.5, 0.6) is 0 Å². The lowest BCUT2D eigenvalue weighted by atomic mass is 10.3. The van der Waals surface area contributed by atoms with Crippen LogP contribution in [0.1, 0.15) is 31.3 Å². The van der Waals surface area contributed by atoms with Crippen molar-refractivity contribution >= 4 is 5.82 Å². The van der Waals surface area contributed by atoms with Crippen LogP contribution in [0.2, 0.25) is 0 Å². The van der Waals surface area contributed by atoms with Gasteiger partial charge in [-0.15, -0.1) is 0 Å². The lowest BCUT2D eigenvalue weighted by molar-refractivity contribution is 0.301. The second-order valence-electron chi connectivity index (χ2n) is 4.27. The normalized spacial score (nSPS) is 15.2. The van der Waals surface area contributed by atoms with Gasteiger partial charge in [-0.3, -0.25) is 0 Å². The first-order valence-electron chi connectivity index (χ1n) is 5.96. The van der Waals surface area contributed by atoms with Gasteiger partial charge in [-0.05, 0) is 26.2 Å². The van der Waals surface area contributed by atoms with E-state index in [1.165, 1.54) is 12.8 Å². The molecule has 16 heavy (non-hydrogen) atoms. The molecule has 0 aliphatic heterocycles. The number of hydrogen-bond donors (Lipinski definition) is 1. The van der Waals surface area contributed by atoms with Gasteiger partial charge < -0.3 is 10.0 Å². The van der Waals surface area contributed by atoms with Gasteiger partial charge in [-0.1, -0.05) is 6.92 Å². The number of aryl methyl sites for hydroxylation is 2. The zero-order chi connectivity index (χ0) is 11.5. The molecule has 0 spiro atoms. The minimum absolute atomic E-state index is 0.182. The summed E-state index contributed by atoms with van der Waals surface area (Å²) >= 11 is 0. The molecule has 1 fully saturated rings. The summed E-state index contributed by atoms with van der Waals surface area (Å²) in [7, 11) is 0. The Balaban J connectivity index is 2.25. The molecule has 1 N–H and O–H groups in total. The fourth-order valence-electron chi connectivity index (χ4n) is 1.92. The van der Waals surface area contributed by atoms with E-state index in [9.17, 15) is 0 Å². The highest BCUT2D eigenvalue weighted by atomic mass is 16.3. The molecule has 4 heteroatoms. The van der Waals surface area contributed by atoms with Crippen molar-refractivity contribution in [1.29, 1.82) is 0 Å². The van der Waals surface area contributed by atoms with E-state index in [-0.39, 0.29) is 6.61 Å². The van der Waals surface area contributed by atoms with E-state index in [1.807, 2.05) is 13.0 Å². The van der Waals surface area contributed by atoms with E-state index in [0.29, 0.717) is 12.6 Å². The second-order valence-corrected chi connectivity index (χ2v) is 4.27. The SMILES string of the molecule is CCc1cc(N(CCO)C2CC2)nc(C)n1. The van der Waals surface area contributed by atoms with E-state index < -0.39 is 0 Å². The third kappa shape index (κ3) is 2.50.